The van der Waals surface area contributed by atoms with Gasteiger partial charge in [-0.2, -0.15) is 13.2 Å². The summed E-state index contributed by atoms with van der Waals surface area (Å²) in [5.74, 6) is -2.87. The number of aryl methyl sites for hydroxylation is 1. The molecule has 0 saturated heterocycles. The summed E-state index contributed by atoms with van der Waals surface area (Å²) in [6.07, 6.45) is -5.90. The molecule has 0 fully saturated rings. The van der Waals surface area contributed by atoms with E-state index in [2.05, 4.69) is 10.3 Å². The van der Waals surface area contributed by atoms with E-state index >= 15 is 0 Å². The predicted octanol–water partition coefficient (Wildman–Crippen LogP) is 5.69. The average Bonchev–Trinajstić information content (AvgIpc) is 2.69. The van der Waals surface area contributed by atoms with Gasteiger partial charge >= 0.3 is 6.18 Å². The van der Waals surface area contributed by atoms with Crippen molar-refractivity contribution >= 4 is 16.6 Å². The Morgan fingerprint density at radius 1 is 1.13 bits per heavy atom. The molecular formula is C22H21F5N2O2. The quantitative estimate of drug-likeness (QED) is 0.484. The number of aromatic nitrogens is 1. The molecule has 0 spiro atoms. The number of hydrogen-bond donors (Lipinski definition) is 2. The standard InChI is InChI=1S/C22H21F5N2O2/c1-4-21(30,22(25,26)27)20(15-10-13(23)11-16(24)19(15)31-3)29-18-7-5-6-17-14(18)9-8-12(2)28-17/h5-11,20,29-30H,4H2,1-3H3. The van der Waals surface area contributed by atoms with Gasteiger partial charge in [-0.3, -0.25) is 4.98 Å². The second-order valence-electron chi connectivity index (χ2n) is 7.19. The summed E-state index contributed by atoms with van der Waals surface area (Å²) in [6.45, 7) is 2.90. The fourth-order valence-electron chi connectivity index (χ4n) is 3.57. The van der Waals surface area contributed by atoms with Crippen molar-refractivity contribution in [3.63, 3.8) is 0 Å². The van der Waals surface area contributed by atoms with E-state index in [9.17, 15) is 27.1 Å². The summed E-state index contributed by atoms with van der Waals surface area (Å²) in [6, 6.07) is 7.35. The van der Waals surface area contributed by atoms with Crippen LogP contribution in [0.15, 0.2) is 42.5 Å². The Hall–Kier alpha value is -2.94. The van der Waals surface area contributed by atoms with Gasteiger partial charge in [0.25, 0.3) is 0 Å². The highest BCUT2D eigenvalue weighted by molar-refractivity contribution is 5.91. The third-order valence-corrected chi connectivity index (χ3v) is 5.23. The first-order chi connectivity index (χ1) is 14.5. The second-order valence-corrected chi connectivity index (χ2v) is 7.19. The fourth-order valence-corrected chi connectivity index (χ4v) is 3.57. The fraction of sp³-hybridized carbons (Fsp3) is 0.318. The number of aliphatic hydroxyl groups is 1. The number of nitrogens with one attached hydrogen (secondary N) is 1. The van der Waals surface area contributed by atoms with Gasteiger partial charge in [-0.05, 0) is 43.7 Å². The molecule has 166 valence electrons. The van der Waals surface area contributed by atoms with Crippen molar-refractivity contribution in [3.05, 3.63) is 65.4 Å². The lowest BCUT2D eigenvalue weighted by molar-refractivity contribution is -0.267. The molecule has 2 unspecified atom stereocenters. The molecule has 3 rings (SSSR count). The summed E-state index contributed by atoms with van der Waals surface area (Å²) in [5.41, 5.74) is -2.44. The molecule has 2 N–H and O–H groups in total. The molecular weight excluding hydrogens is 419 g/mol. The van der Waals surface area contributed by atoms with Gasteiger partial charge in [-0.1, -0.05) is 13.0 Å². The van der Waals surface area contributed by atoms with Crippen molar-refractivity contribution < 1.29 is 31.8 Å². The molecule has 3 aromatic rings. The van der Waals surface area contributed by atoms with Crippen molar-refractivity contribution in [3.8, 4) is 5.75 Å². The Morgan fingerprint density at radius 3 is 2.45 bits per heavy atom. The van der Waals surface area contributed by atoms with Gasteiger partial charge in [-0.25, -0.2) is 8.78 Å². The summed E-state index contributed by atoms with van der Waals surface area (Å²) in [5, 5.41) is 13.9. The van der Waals surface area contributed by atoms with Crippen LogP contribution in [0.2, 0.25) is 0 Å². The van der Waals surface area contributed by atoms with Gasteiger partial charge in [0.15, 0.2) is 17.2 Å². The Kier molecular flexibility index (Phi) is 6.09. The first-order valence-corrected chi connectivity index (χ1v) is 9.46. The maximum atomic E-state index is 14.3. The van der Waals surface area contributed by atoms with Gasteiger partial charge in [0, 0.05) is 28.4 Å². The topological polar surface area (TPSA) is 54.4 Å². The molecule has 1 aromatic heterocycles. The highest BCUT2D eigenvalue weighted by Gasteiger charge is 2.58. The lowest BCUT2D eigenvalue weighted by Crippen LogP contribution is -2.52. The van der Waals surface area contributed by atoms with Gasteiger partial charge < -0.3 is 15.2 Å². The third kappa shape index (κ3) is 4.14. The number of pyridine rings is 1. The van der Waals surface area contributed by atoms with Crippen LogP contribution < -0.4 is 10.1 Å². The van der Waals surface area contributed by atoms with Crippen LogP contribution in [0, 0.1) is 18.6 Å². The number of benzene rings is 2. The molecule has 1 heterocycles. The van der Waals surface area contributed by atoms with Crippen molar-refractivity contribution in [2.75, 3.05) is 12.4 Å². The first kappa shape index (κ1) is 22.7. The number of rotatable bonds is 6. The molecule has 31 heavy (non-hydrogen) atoms. The van der Waals surface area contributed by atoms with Crippen LogP contribution in [0.25, 0.3) is 10.9 Å². The molecule has 0 aliphatic heterocycles. The minimum absolute atomic E-state index is 0.206. The number of methoxy groups -OCH3 is 1. The number of alkyl halides is 3. The zero-order valence-corrected chi connectivity index (χ0v) is 17.0. The van der Waals surface area contributed by atoms with E-state index in [-0.39, 0.29) is 5.69 Å². The van der Waals surface area contributed by atoms with Crippen LogP contribution in [-0.2, 0) is 0 Å². The highest BCUT2D eigenvalue weighted by Crippen LogP contribution is 2.47. The van der Waals surface area contributed by atoms with Crippen molar-refractivity contribution in [2.24, 2.45) is 0 Å². The molecule has 0 aliphatic rings. The summed E-state index contributed by atoms with van der Waals surface area (Å²) < 4.78 is 75.3. The average molecular weight is 440 g/mol. The number of halogens is 5. The maximum absolute atomic E-state index is 14.3. The van der Waals surface area contributed by atoms with Crippen LogP contribution in [0.5, 0.6) is 5.75 Å². The van der Waals surface area contributed by atoms with Crippen molar-refractivity contribution in [1.82, 2.24) is 4.98 Å². The Bertz CT molecular complexity index is 1100. The number of ether oxygens (including phenoxy) is 1. The minimum Gasteiger partial charge on any atom is -0.493 e. The minimum atomic E-state index is -5.12. The van der Waals surface area contributed by atoms with Gasteiger partial charge in [0.2, 0.25) is 0 Å². The lowest BCUT2D eigenvalue weighted by atomic mass is 9.84. The van der Waals surface area contributed by atoms with Crippen LogP contribution in [-0.4, -0.2) is 29.0 Å². The van der Waals surface area contributed by atoms with E-state index < -0.39 is 47.2 Å². The molecule has 0 radical (unpaired) electrons. The summed E-state index contributed by atoms with van der Waals surface area (Å²) >= 11 is 0. The predicted molar refractivity (Wildman–Crippen MR) is 107 cm³/mol. The Balaban J connectivity index is 2.27. The van der Waals surface area contributed by atoms with Crippen LogP contribution in [0.3, 0.4) is 0 Å². The number of anilines is 1. The zero-order chi connectivity index (χ0) is 23.0. The SMILES string of the molecule is CCC(O)(C(Nc1cccc2nc(C)ccc12)c1cc(F)cc(F)c1OC)C(F)(F)F. The summed E-state index contributed by atoms with van der Waals surface area (Å²) in [7, 11) is 1.06. The summed E-state index contributed by atoms with van der Waals surface area (Å²) in [4.78, 5) is 4.34. The maximum Gasteiger partial charge on any atom is 0.419 e. The molecule has 4 nitrogen and oxygen atoms in total. The van der Waals surface area contributed by atoms with E-state index in [0.717, 1.165) is 20.1 Å². The van der Waals surface area contributed by atoms with Crippen LogP contribution in [0.1, 0.15) is 30.6 Å². The molecule has 2 aromatic carbocycles. The number of nitrogens with zero attached hydrogens (tertiary/aromatic N) is 1. The molecule has 0 amide bonds. The Morgan fingerprint density at radius 2 is 1.84 bits per heavy atom. The van der Waals surface area contributed by atoms with Crippen molar-refractivity contribution in [2.45, 2.75) is 38.1 Å². The van der Waals surface area contributed by atoms with Crippen LogP contribution in [0.4, 0.5) is 27.6 Å². The van der Waals surface area contributed by atoms with Gasteiger partial charge in [0.1, 0.15) is 5.82 Å². The van der Waals surface area contributed by atoms with E-state index in [1.807, 2.05) is 0 Å². The second kappa shape index (κ2) is 8.30. The number of fused-ring (bicyclic) bond motifs is 1. The highest BCUT2D eigenvalue weighted by atomic mass is 19.4. The van der Waals surface area contributed by atoms with Crippen molar-refractivity contribution in [1.29, 1.82) is 0 Å². The van der Waals surface area contributed by atoms with Gasteiger partial charge in [-0.15, -0.1) is 0 Å². The largest absolute Gasteiger partial charge is 0.493 e. The van der Waals surface area contributed by atoms with E-state index in [4.69, 9.17) is 4.74 Å². The van der Waals surface area contributed by atoms with E-state index in [0.29, 0.717) is 22.7 Å². The molecule has 0 bridgehead atoms. The molecule has 0 aliphatic carbocycles. The van der Waals surface area contributed by atoms with E-state index in [1.54, 1.807) is 31.2 Å². The zero-order valence-electron chi connectivity index (χ0n) is 17.0. The lowest BCUT2D eigenvalue weighted by Gasteiger charge is -2.39. The van der Waals surface area contributed by atoms with E-state index in [1.165, 1.54) is 6.07 Å². The number of hydrogen-bond acceptors (Lipinski definition) is 4. The smallest absolute Gasteiger partial charge is 0.419 e. The van der Waals surface area contributed by atoms with Crippen LogP contribution >= 0.6 is 0 Å². The molecule has 9 heteroatoms. The third-order valence-electron chi connectivity index (χ3n) is 5.23. The first-order valence-electron chi connectivity index (χ1n) is 9.46. The molecule has 2 atom stereocenters. The normalized spacial score (nSPS) is 14.9. The Labute approximate surface area is 175 Å². The van der Waals surface area contributed by atoms with Gasteiger partial charge in [0.05, 0.1) is 18.7 Å². The monoisotopic (exact) mass is 440 g/mol. The molecule has 0 saturated carbocycles.